The maximum Gasteiger partial charge on any atom is 0.252 e. The first-order valence-corrected chi connectivity index (χ1v) is 9.73. The minimum absolute atomic E-state index is 0.154. The highest BCUT2D eigenvalue weighted by Gasteiger charge is 2.21. The van der Waals surface area contributed by atoms with E-state index in [1.165, 1.54) is 0 Å². The van der Waals surface area contributed by atoms with E-state index in [0.717, 1.165) is 28.3 Å². The Morgan fingerprint density at radius 1 is 0.933 bits per heavy atom. The Bertz CT molecular complexity index is 1120. The standard InChI is InChI=1S/C25H23N3O2/c1-28-17-16-26-24(28)23(20-12-14-22(30-2)15-13-20)27-25(29)21-10-8-19(9-11-21)18-6-4-3-5-7-18/h3-17,23H,1-2H3,(H,27,29). The number of hydrogen-bond acceptors (Lipinski definition) is 3. The molecule has 1 aromatic heterocycles. The van der Waals surface area contributed by atoms with Gasteiger partial charge in [-0.15, -0.1) is 0 Å². The van der Waals surface area contributed by atoms with Gasteiger partial charge in [-0.25, -0.2) is 4.98 Å². The van der Waals surface area contributed by atoms with Crippen LogP contribution in [0.15, 0.2) is 91.3 Å². The molecule has 0 spiro atoms. The highest BCUT2D eigenvalue weighted by Crippen LogP contribution is 2.24. The number of methoxy groups -OCH3 is 1. The van der Waals surface area contributed by atoms with Gasteiger partial charge in [0.25, 0.3) is 5.91 Å². The normalized spacial score (nSPS) is 11.7. The second-order valence-electron chi connectivity index (χ2n) is 7.02. The van der Waals surface area contributed by atoms with E-state index < -0.39 is 0 Å². The molecule has 4 rings (SSSR count). The number of aromatic nitrogens is 2. The van der Waals surface area contributed by atoms with Crippen LogP contribution in [0.5, 0.6) is 5.75 Å². The van der Waals surface area contributed by atoms with Gasteiger partial charge in [-0.2, -0.15) is 0 Å². The molecule has 1 heterocycles. The number of benzene rings is 3. The lowest BCUT2D eigenvalue weighted by Crippen LogP contribution is -2.31. The monoisotopic (exact) mass is 397 g/mol. The van der Waals surface area contributed by atoms with Crippen LogP contribution >= 0.6 is 0 Å². The van der Waals surface area contributed by atoms with Crippen molar-refractivity contribution in [2.24, 2.45) is 7.05 Å². The molecule has 1 amide bonds. The third kappa shape index (κ3) is 4.10. The van der Waals surface area contributed by atoms with Crippen LogP contribution < -0.4 is 10.1 Å². The maximum absolute atomic E-state index is 13.0. The largest absolute Gasteiger partial charge is 0.497 e. The third-order valence-electron chi connectivity index (χ3n) is 5.10. The van der Waals surface area contributed by atoms with Gasteiger partial charge in [0.15, 0.2) is 0 Å². The van der Waals surface area contributed by atoms with Gasteiger partial charge in [0.2, 0.25) is 0 Å². The fraction of sp³-hybridized carbons (Fsp3) is 0.120. The van der Waals surface area contributed by atoms with E-state index in [1.54, 1.807) is 13.3 Å². The SMILES string of the molecule is COc1ccc(C(NC(=O)c2ccc(-c3ccccc3)cc2)c2nccn2C)cc1. The van der Waals surface area contributed by atoms with Gasteiger partial charge in [0.1, 0.15) is 17.6 Å². The zero-order chi connectivity index (χ0) is 20.9. The Hall–Kier alpha value is -3.86. The fourth-order valence-electron chi connectivity index (χ4n) is 3.41. The Morgan fingerprint density at radius 2 is 1.60 bits per heavy atom. The van der Waals surface area contributed by atoms with Gasteiger partial charge in [-0.05, 0) is 41.0 Å². The third-order valence-corrected chi connectivity index (χ3v) is 5.10. The van der Waals surface area contributed by atoms with Crippen LogP contribution in [-0.2, 0) is 7.05 Å². The van der Waals surface area contributed by atoms with Crippen molar-refractivity contribution in [2.75, 3.05) is 7.11 Å². The number of nitrogens with one attached hydrogen (secondary N) is 1. The number of carbonyl (C=O) groups is 1. The van der Waals surface area contributed by atoms with Crippen LogP contribution in [0.3, 0.4) is 0 Å². The summed E-state index contributed by atoms with van der Waals surface area (Å²) < 4.78 is 7.16. The number of nitrogens with zero attached hydrogens (tertiary/aromatic N) is 2. The summed E-state index contributed by atoms with van der Waals surface area (Å²) in [5.41, 5.74) is 3.72. The minimum atomic E-state index is -0.378. The lowest BCUT2D eigenvalue weighted by atomic mass is 10.0. The molecule has 1 atom stereocenters. The highest BCUT2D eigenvalue weighted by molar-refractivity contribution is 5.95. The summed E-state index contributed by atoms with van der Waals surface area (Å²) in [6.45, 7) is 0. The first-order valence-electron chi connectivity index (χ1n) is 9.73. The molecular formula is C25H23N3O2. The number of aryl methyl sites for hydroxylation is 1. The van der Waals surface area contributed by atoms with Crippen LogP contribution in [0.1, 0.15) is 27.8 Å². The molecule has 3 aromatic carbocycles. The molecular weight excluding hydrogens is 374 g/mol. The number of imidazole rings is 1. The Labute approximate surface area is 176 Å². The van der Waals surface area contributed by atoms with Crippen LogP contribution in [0.2, 0.25) is 0 Å². The molecule has 0 aliphatic rings. The zero-order valence-electron chi connectivity index (χ0n) is 16.9. The molecule has 0 saturated carbocycles. The minimum Gasteiger partial charge on any atom is -0.497 e. The first kappa shape index (κ1) is 19.5. The van der Waals surface area contributed by atoms with E-state index in [9.17, 15) is 4.79 Å². The molecule has 0 fully saturated rings. The van der Waals surface area contributed by atoms with Crippen LogP contribution in [0.4, 0.5) is 0 Å². The van der Waals surface area contributed by atoms with Crippen molar-refractivity contribution in [2.45, 2.75) is 6.04 Å². The van der Waals surface area contributed by atoms with Gasteiger partial charge in [-0.1, -0.05) is 54.6 Å². The summed E-state index contributed by atoms with van der Waals surface area (Å²) in [4.78, 5) is 17.5. The predicted octanol–water partition coefficient (Wildman–Crippen LogP) is 4.62. The topological polar surface area (TPSA) is 56.1 Å². The molecule has 1 N–H and O–H groups in total. The van der Waals surface area contributed by atoms with Crippen LogP contribution in [0, 0.1) is 0 Å². The smallest absolute Gasteiger partial charge is 0.252 e. The molecule has 0 bridgehead atoms. The summed E-state index contributed by atoms with van der Waals surface area (Å²) in [7, 11) is 3.55. The number of amides is 1. The molecule has 5 heteroatoms. The number of ether oxygens (including phenoxy) is 1. The second-order valence-corrected chi connectivity index (χ2v) is 7.02. The average Bonchev–Trinajstić information content (AvgIpc) is 3.23. The van der Waals surface area contributed by atoms with Crippen molar-refractivity contribution in [3.63, 3.8) is 0 Å². The molecule has 0 aliphatic carbocycles. The Balaban J connectivity index is 1.59. The quantitative estimate of drug-likeness (QED) is 0.517. The predicted molar refractivity (Wildman–Crippen MR) is 117 cm³/mol. The van der Waals surface area contributed by atoms with Crippen molar-refractivity contribution >= 4 is 5.91 Å². The Kier molecular flexibility index (Phi) is 5.61. The molecule has 0 aliphatic heterocycles. The molecule has 0 saturated heterocycles. The molecule has 30 heavy (non-hydrogen) atoms. The fourth-order valence-corrected chi connectivity index (χ4v) is 3.41. The van der Waals surface area contributed by atoms with Gasteiger partial charge < -0.3 is 14.6 Å². The molecule has 1 unspecified atom stereocenters. The Morgan fingerprint density at radius 3 is 2.20 bits per heavy atom. The van der Waals surface area contributed by atoms with Crippen LogP contribution in [-0.4, -0.2) is 22.6 Å². The second kappa shape index (κ2) is 8.66. The first-order chi connectivity index (χ1) is 14.7. The maximum atomic E-state index is 13.0. The lowest BCUT2D eigenvalue weighted by molar-refractivity contribution is 0.0941. The van der Waals surface area contributed by atoms with E-state index >= 15 is 0 Å². The van der Waals surface area contributed by atoms with Gasteiger partial charge in [0.05, 0.1) is 7.11 Å². The van der Waals surface area contributed by atoms with Gasteiger partial charge >= 0.3 is 0 Å². The van der Waals surface area contributed by atoms with Crippen molar-refractivity contribution in [1.82, 2.24) is 14.9 Å². The number of rotatable bonds is 6. The van der Waals surface area contributed by atoms with E-state index in [1.807, 2.05) is 84.5 Å². The highest BCUT2D eigenvalue weighted by atomic mass is 16.5. The summed E-state index contributed by atoms with van der Waals surface area (Å²) in [6, 6.07) is 25.0. The number of carbonyl (C=O) groups excluding carboxylic acids is 1. The average molecular weight is 397 g/mol. The van der Waals surface area contributed by atoms with E-state index in [-0.39, 0.29) is 11.9 Å². The summed E-state index contributed by atoms with van der Waals surface area (Å²) in [6.07, 6.45) is 3.60. The van der Waals surface area contributed by atoms with Crippen molar-refractivity contribution in [3.05, 3.63) is 108 Å². The van der Waals surface area contributed by atoms with Gasteiger partial charge in [-0.3, -0.25) is 4.79 Å². The van der Waals surface area contributed by atoms with Crippen molar-refractivity contribution in [1.29, 1.82) is 0 Å². The molecule has 4 aromatic rings. The van der Waals surface area contributed by atoms with Crippen LogP contribution in [0.25, 0.3) is 11.1 Å². The zero-order valence-corrected chi connectivity index (χ0v) is 16.9. The summed E-state index contributed by atoms with van der Waals surface area (Å²) in [5, 5.41) is 3.13. The van der Waals surface area contributed by atoms with E-state index in [0.29, 0.717) is 5.56 Å². The summed E-state index contributed by atoms with van der Waals surface area (Å²) in [5.74, 6) is 1.37. The van der Waals surface area contributed by atoms with Crippen molar-refractivity contribution in [3.8, 4) is 16.9 Å². The molecule has 5 nitrogen and oxygen atoms in total. The van der Waals surface area contributed by atoms with E-state index in [4.69, 9.17) is 4.74 Å². The molecule has 0 radical (unpaired) electrons. The van der Waals surface area contributed by atoms with E-state index in [2.05, 4.69) is 22.4 Å². The molecule has 150 valence electrons. The summed E-state index contributed by atoms with van der Waals surface area (Å²) >= 11 is 0. The van der Waals surface area contributed by atoms with Crippen molar-refractivity contribution < 1.29 is 9.53 Å². The lowest BCUT2D eigenvalue weighted by Gasteiger charge is -2.19. The van der Waals surface area contributed by atoms with Gasteiger partial charge in [0, 0.05) is 25.0 Å². The number of hydrogen-bond donors (Lipinski definition) is 1.